The van der Waals surface area contributed by atoms with Gasteiger partial charge in [0.25, 0.3) is 17.7 Å². The normalized spacial score (nSPS) is 21.9. The molecule has 35 heavy (non-hydrogen) atoms. The van der Waals surface area contributed by atoms with Gasteiger partial charge < -0.3 is 9.80 Å². The standard InChI is InChI=1S/C25H28Cl2N4O4/c1-13-16-19-17-14(22(32)30(10-6-8-28(2)3)25(35)20(17)21(13)27)12-15(26)18(19)24(34)31(23(16)33)11-7-9-29(4)5/h6,10,12-13,16H,7-9,11H2,1-5H3/b10-6+. The fraction of sp³-hybridized carbons (Fsp3) is 0.440. The summed E-state index contributed by atoms with van der Waals surface area (Å²) in [6.07, 6.45) is 3.73. The molecule has 0 fully saturated rings. The molecule has 10 heteroatoms. The molecule has 2 atom stereocenters. The molecule has 0 saturated heterocycles. The zero-order valence-corrected chi connectivity index (χ0v) is 21.9. The molecule has 0 N–H and O–H groups in total. The van der Waals surface area contributed by atoms with Crippen molar-refractivity contribution in [1.82, 2.24) is 19.6 Å². The molecule has 0 radical (unpaired) electrons. The summed E-state index contributed by atoms with van der Waals surface area (Å²) in [4.78, 5) is 60.0. The van der Waals surface area contributed by atoms with Crippen molar-refractivity contribution >= 4 is 52.4 Å². The topological polar surface area (TPSA) is 81.2 Å². The summed E-state index contributed by atoms with van der Waals surface area (Å²) in [7, 11) is 7.57. The van der Waals surface area contributed by atoms with Crippen LogP contribution in [-0.2, 0) is 9.59 Å². The first-order chi connectivity index (χ1) is 16.5. The van der Waals surface area contributed by atoms with Crippen LogP contribution in [0.5, 0.6) is 0 Å². The zero-order chi connectivity index (χ0) is 25.8. The van der Waals surface area contributed by atoms with Gasteiger partial charge in [-0.2, -0.15) is 0 Å². The maximum atomic E-state index is 13.6. The molecule has 2 unspecified atom stereocenters. The van der Waals surface area contributed by atoms with Crippen LogP contribution in [-0.4, -0.2) is 91.1 Å². The van der Waals surface area contributed by atoms with Crippen LogP contribution >= 0.6 is 23.2 Å². The van der Waals surface area contributed by atoms with Crippen molar-refractivity contribution in [3.05, 3.63) is 50.7 Å². The van der Waals surface area contributed by atoms with Crippen LogP contribution in [0.2, 0.25) is 5.02 Å². The van der Waals surface area contributed by atoms with E-state index in [-0.39, 0.29) is 44.8 Å². The Kier molecular flexibility index (Phi) is 6.94. The number of benzene rings is 1. The summed E-state index contributed by atoms with van der Waals surface area (Å²) in [6, 6.07) is 1.42. The Hall–Kier alpha value is -2.52. The van der Waals surface area contributed by atoms with Gasteiger partial charge in [-0.1, -0.05) is 36.2 Å². The third kappa shape index (κ3) is 4.12. The van der Waals surface area contributed by atoms with Crippen LogP contribution in [0.15, 0.2) is 23.4 Å². The molecule has 1 aromatic carbocycles. The van der Waals surface area contributed by atoms with Gasteiger partial charge in [0, 0.05) is 35.8 Å². The zero-order valence-electron chi connectivity index (χ0n) is 20.4. The van der Waals surface area contributed by atoms with Gasteiger partial charge in [0.2, 0.25) is 5.91 Å². The second-order valence-corrected chi connectivity index (χ2v) is 10.5. The van der Waals surface area contributed by atoms with E-state index in [4.69, 9.17) is 23.2 Å². The Morgan fingerprint density at radius 2 is 1.66 bits per heavy atom. The minimum absolute atomic E-state index is 0.0864. The number of carbonyl (C=O) groups is 4. The first-order valence-electron chi connectivity index (χ1n) is 11.4. The molecular formula is C25H28Cl2N4O4. The maximum Gasteiger partial charge on any atom is 0.266 e. The van der Waals surface area contributed by atoms with Gasteiger partial charge in [0.1, 0.15) is 0 Å². The minimum atomic E-state index is -0.804. The minimum Gasteiger partial charge on any atom is -0.309 e. The van der Waals surface area contributed by atoms with Gasteiger partial charge in [-0.15, -0.1) is 0 Å². The molecule has 186 valence electrons. The van der Waals surface area contributed by atoms with Gasteiger partial charge in [0.15, 0.2) is 0 Å². The second-order valence-electron chi connectivity index (χ2n) is 9.64. The highest BCUT2D eigenvalue weighted by molar-refractivity contribution is 6.45. The lowest BCUT2D eigenvalue weighted by atomic mass is 9.69. The highest BCUT2D eigenvalue weighted by Crippen LogP contribution is 2.53. The third-order valence-electron chi connectivity index (χ3n) is 6.60. The molecule has 4 rings (SSSR count). The molecule has 3 aliphatic rings. The predicted molar refractivity (Wildman–Crippen MR) is 134 cm³/mol. The van der Waals surface area contributed by atoms with E-state index in [1.807, 2.05) is 38.0 Å². The Balaban J connectivity index is 1.88. The molecule has 0 spiro atoms. The van der Waals surface area contributed by atoms with Gasteiger partial charge in [-0.25, -0.2) is 4.90 Å². The molecule has 2 aliphatic heterocycles. The number of nitrogens with zero attached hydrogens (tertiary/aromatic N) is 4. The van der Waals surface area contributed by atoms with Crippen molar-refractivity contribution in [2.75, 3.05) is 47.8 Å². The maximum absolute atomic E-state index is 13.6. The number of likely N-dealkylation sites (N-methyl/N-ethyl adjacent to an activating group) is 1. The number of amides is 4. The number of hydrogen-bond donors (Lipinski definition) is 0. The largest absolute Gasteiger partial charge is 0.309 e. The predicted octanol–water partition coefficient (Wildman–Crippen LogP) is 3.02. The Morgan fingerprint density at radius 3 is 2.29 bits per heavy atom. The molecule has 2 heterocycles. The van der Waals surface area contributed by atoms with E-state index in [2.05, 4.69) is 0 Å². The van der Waals surface area contributed by atoms with Crippen molar-refractivity contribution in [1.29, 1.82) is 0 Å². The number of allylic oxidation sites excluding steroid dienone is 1. The van der Waals surface area contributed by atoms with E-state index in [0.717, 1.165) is 4.90 Å². The van der Waals surface area contributed by atoms with E-state index in [0.29, 0.717) is 25.1 Å². The lowest BCUT2D eigenvalue weighted by molar-refractivity contribution is -0.132. The van der Waals surface area contributed by atoms with Gasteiger partial charge in [-0.3, -0.25) is 24.1 Å². The quantitative estimate of drug-likeness (QED) is 0.516. The average Bonchev–Trinajstić information content (AvgIpc) is 2.77. The van der Waals surface area contributed by atoms with Crippen LogP contribution in [0.4, 0.5) is 0 Å². The summed E-state index contributed by atoms with van der Waals surface area (Å²) in [5.74, 6) is -3.41. The summed E-state index contributed by atoms with van der Waals surface area (Å²) in [5, 5.41) is 0.292. The fourth-order valence-corrected chi connectivity index (χ4v) is 5.52. The molecule has 0 aromatic heterocycles. The van der Waals surface area contributed by atoms with Crippen molar-refractivity contribution < 1.29 is 19.2 Å². The highest BCUT2D eigenvalue weighted by Gasteiger charge is 2.52. The van der Waals surface area contributed by atoms with E-state index < -0.39 is 29.6 Å². The molecular weight excluding hydrogens is 491 g/mol. The number of imide groups is 2. The Labute approximate surface area is 214 Å². The van der Waals surface area contributed by atoms with E-state index in [1.54, 1.807) is 13.0 Å². The average molecular weight is 519 g/mol. The monoisotopic (exact) mass is 518 g/mol. The Bertz CT molecular complexity index is 1200. The smallest absolute Gasteiger partial charge is 0.266 e. The summed E-state index contributed by atoms with van der Waals surface area (Å²) >= 11 is 13.3. The fourth-order valence-electron chi connectivity index (χ4n) is 4.93. The lowest BCUT2D eigenvalue weighted by Crippen LogP contribution is -2.50. The van der Waals surface area contributed by atoms with Crippen LogP contribution < -0.4 is 0 Å². The third-order valence-corrected chi connectivity index (χ3v) is 7.43. The summed E-state index contributed by atoms with van der Waals surface area (Å²) in [6.45, 7) is 3.22. The molecule has 8 nitrogen and oxygen atoms in total. The molecule has 0 bridgehead atoms. The number of carbonyl (C=O) groups excluding carboxylic acids is 4. The van der Waals surface area contributed by atoms with Crippen molar-refractivity contribution in [3.63, 3.8) is 0 Å². The van der Waals surface area contributed by atoms with Crippen molar-refractivity contribution in [3.8, 4) is 0 Å². The second kappa shape index (κ2) is 9.50. The van der Waals surface area contributed by atoms with Crippen LogP contribution in [0, 0.1) is 5.92 Å². The first kappa shape index (κ1) is 25.6. The summed E-state index contributed by atoms with van der Waals surface area (Å²) < 4.78 is 0. The van der Waals surface area contributed by atoms with E-state index >= 15 is 0 Å². The van der Waals surface area contributed by atoms with Gasteiger partial charge in [0.05, 0.1) is 27.6 Å². The van der Waals surface area contributed by atoms with Gasteiger partial charge >= 0.3 is 0 Å². The van der Waals surface area contributed by atoms with Crippen LogP contribution in [0.25, 0.3) is 5.57 Å². The number of rotatable bonds is 7. The lowest BCUT2D eigenvalue weighted by Gasteiger charge is -2.42. The van der Waals surface area contributed by atoms with Crippen molar-refractivity contribution in [2.45, 2.75) is 19.3 Å². The van der Waals surface area contributed by atoms with Crippen molar-refractivity contribution in [2.24, 2.45) is 5.92 Å². The highest BCUT2D eigenvalue weighted by atomic mass is 35.5. The molecule has 1 aromatic rings. The van der Waals surface area contributed by atoms with Gasteiger partial charge in [-0.05, 0) is 52.8 Å². The number of halogens is 2. The Morgan fingerprint density at radius 1 is 0.971 bits per heavy atom. The molecule has 1 aliphatic carbocycles. The first-order valence-corrected chi connectivity index (χ1v) is 12.2. The number of hydrogen-bond acceptors (Lipinski definition) is 6. The van der Waals surface area contributed by atoms with E-state index in [1.165, 1.54) is 17.2 Å². The van der Waals surface area contributed by atoms with Crippen LogP contribution in [0.3, 0.4) is 0 Å². The summed E-state index contributed by atoms with van der Waals surface area (Å²) in [5.41, 5.74) is 1.09. The molecule has 0 saturated carbocycles. The SMILES string of the molecule is CC1C(Cl)=C2C(=O)N(/C=C/CN(C)C)C(=O)c3cc(Cl)c4c(c32)C1C(=O)N(CCCN(C)C)C4=O. The van der Waals surface area contributed by atoms with E-state index in [9.17, 15) is 19.2 Å². The van der Waals surface area contributed by atoms with Crippen LogP contribution in [0.1, 0.15) is 51.1 Å². The molecule has 4 amide bonds.